The van der Waals surface area contributed by atoms with E-state index < -0.39 is 0 Å². The normalized spacial score (nSPS) is 15.0. The molecular formula is C14H18O2S. The van der Waals surface area contributed by atoms with Crippen LogP contribution in [0, 0.1) is 5.92 Å². The lowest BCUT2D eigenvalue weighted by Crippen LogP contribution is -2.10. The molecule has 2 unspecified atom stereocenters. The number of hydrogen-bond donors (Lipinski definition) is 1. The minimum Gasteiger partial charge on any atom is -0.387 e. The molecule has 0 aliphatic rings. The summed E-state index contributed by atoms with van der Waals surface area (Å²) in [5.74, 6) is 0.225. The van der Waals surface area contributed by atoms with Gasteiger partial charge in [-0.2, -0.15) is 0 Å². The molecule has 0 aliphatic heterocycles. The first-order valence-electron chi connectivity index (χ1n) is 5.88. The van der Waals surface area contributed by atoms with Gasteiger partial charge in [0, 0.05) is 23.3 Å². The van der Waals surface area contributed by atoms with E-state index in [9.17, 15) is 5.11 Å². The van der Waals surface area contributed by atoms with Crippen molar-refractivity contribution in [1.29, 1.82) is 0 Å². The fourth-order valence-electron chi connectivity index (χ4n) is 1.89. The molecule has 1 N–H and O–H groups in total. The minimum absolute atomic E-state index is 0.225. The van der Waals surface area contributed by atoms with E-state index in [0.29, 0.717) is 6.61 Å². The zero-order valence-corrected chi connectivity index (χ0v) is 11.0. The number of thiophene rings is 1. The summed E-state index contributed by atoms with van der Waals surface area (Å²) >= 11 is 1.68. The zero-order valence-electron chi connectivity index (χ0n) is 10.2. The van der Waals surface area contributed by atoms with E-state index in [-0.39, 0.29) is 12.0 Å². The topological polar surface area (TPSA) is 29.5 Å². The van der Waals surface area contributed by atoms with Gasteiger partial charge in [0.05, 0.1) is 6.10 Å². The summed E-state index contributed by atoms with van der Waals surface area (Å²) in [5.41, 5.74) is 0. The molecule has 0 spiro atoms. The number of aliphatic hydroxyl groups is 1. The van der Waals surface area contributed by atoms with Crippen molar-refractivity contribution in [2.75, 3.05) is 13.7 Å². The molecule has 0 saturated heterocycles. The number of fused-ring (bicyclic) bond motifs is 1. The summed E-state index contributed by atoms with van der Waals surface area (Å²) in [4.78, 5) is 1.05. The number of hydrogen-bond acceptors (Lipinski definition) is 3. The number of rotatable bonds is 5. The van der Waals surface area contributed by atoms with Crippen LogP contribution in [0.25, 0.3) is 10.1 Å². The fourth-order valence-corrected chi connectivity index (χ4v) is 3.07. The van der Waals surface area contributed by atoms with Crippen molar-refractivity contribution in [3.8, 4) is 0 Å². The monoisotopic (exact) mass is 250 g/mol. The maximum absolute atomic E-state index is 10.3. The summed E-state index contributed by atoms with van der Waals surface area (Å²) in [6, 6.07) is 10.3. The van der Waals surface area contributed by atoms with Crippen molar-refractivity contribution < 1.29 is 9.84 Å². The molecule has 2 rings (SSSR count). The summed E-state index contributed by atoms with van der Waals surface area (Å²) in [6.07, 6.45) is 0.494. The van der Waals surface area contributed by atoms with Gasteiger partial charge in [0.25, 0.3) is 0 Å². The van der Waals surface area contributed by atoms with E-state index in [1.165, 1.54) is 10.1 Å². The van der Waals surface area contributed by atoms with Crippen molar-refractivity contribution in [2.45, 2.75) is 19.4 Å². The molecule has 1 heterocycles. The van der Waals surface area contributed by atoms with Crippen LogP contribution in [-0.2, 0) is 4.74 Å². The quantitative estimate of drug-likeness (QED) is 0.878. The molecule has 17 heavy (non-hydrogen) atoms. The molecule has 0 aliphatic carbocycles. The second-order valence-electron chi connectivity index (χ2n) is 4.39. The third-order valence-electron chi connectivity index (χ3n) is 3.05. The Morgan fingerprint density at radius 1 is 1.35 bits per heavy atom. The molecule has 2 atom stereocenters. The Balaban J connectivity index is 2.15. The van der Waals surface area contributed by atoms with Gasteiger partial charge in [-0.1, -0.05) is 25.1 Å². The zero-order chi connectivity index (χ0) is 12.3. The SMILES string of the molecule is COCCC(C)C(O)c1cc2ccccc2s1. The van der Waals surface area contributed by atoms with E-state index >= 15 is 0 Å². The molecular weight excluding hydrogens is 232 g/mol. The molecule has 0 saturated carbocycles. The fraction of sp³-hybridized carbons (Fsp3) is 0.429. The van der Waals surface area contributed by atoms with Crippen LogP contribution in [-0.4, -0.2) is 18.8 Å². The molecule has 0 radical (unpaired) electrons. The highest BCUT2D eigenvalue weighted by Gasteiger charge is 2.18. The molecule has 2 aromatic rings. The molecule has 1 aromatic heterocycles. The second-order valence-corrected chi connectivity index (χ2v) is 5.51. The van der Waals surface area contributed by atoms with Crippen LogP contribution in [0.4, 0.5) is 0 Å². The third kappa shape index (κ3) is 2.86. The van der Waals surface area contributed by atoms with Crippen LogP contribution in [0.2, 0.25) is 0 Å². The molecule has 1 aromatic carbocycles. The molecule has 0 amide bonds. The molecule has 92 valence electrons. The van der Waals surface area contributed by atoms with E-state index in [2.05, 4.69) is 25.1 Å². The number of aliphatic hydroxyl groups excluding tert-OH is 1. The average Bonchev–Trinajstić information content (AvgIpc) is 2.78. The first kappa shape index (κ1) is 12.6. The third-order valence-corrected chi connectivity index (χ3v) is 4.24. The van der Waals surface area contributed by atoms with Crippen LogP contribution < -0.4 is 0 Å². The maximum Gasteiger partial charge on any atom is 0.0908 e. The van der Waals surface area contributed by atoms with Gasteiger partial charge in [-0.3, -0.25) is 0 Å². The predicted molar refractivity (Wildman–Crippen MR) is 72.4 cm³/mol. The number of methoxy groups -OCH3 is 1. The second kappa shape index (κ2) is 5.63. The van der Waals surface area contributed by atoms with Gasteiger partial charge in [-0.15, -0.1) is 11.3 Å². The Kier molecular flexibility index (Phi) is 4.15. The van der Waals surface area contributed by atoms with Crippen molar-refractivity contribution in [2.24, 2.45) is 5.92 Å². The van der Waals surface area contributed by atoms with Crippen molar-refractivity contribution in [1.82, 2.24) is 0 Å². The molecule has 0 fully saturated rings. The lowest BCUT2D eigenvalue weighted by atomic mass is 10.00. The molecule has 2 nitrogen and oxygen atoms in total. The van der Waals surface area contributed by atoms with E-state index in [1.807, 2.05) is 12.1 Å². The lowest BCUT2D eigenvalue weighted by molar-refractivity contribution is 0.0912. The first-order chi connectivity index (χ1) is 8.22. The number of ether oxygens (including phenoxy) is 1. The van der Waals surface area contributed by atoms with Gasteiger partial charge in [0.15, 0.2) is 0 Å². The van der Waals surface area contributed by atoms with Crippen molar-refractivity contribution in [3.05, 3.63) is 35.2 Å². The summed E-state index contributed by atoms with van der Waals surface area (Å²) in [6.45, 7) is 2.76. The Bertz CT molecular complexity index is 445. The Morgan fingerprint density at radius 3 is 2.82 bits per heavy atom. The van der Waals surface area contributed by atoms with Crippen LogP contribution >= 0.6 is 11.3 Å². The predicted octanol–water partition coefficient (Wildman–Crippen LogP) is 3.61. The van der Waals surface area contributed by atoms with Crippen molar-refractivity contribution >= 4 is 21.4 Å². The highest BCUT2D eigenvalue weighted by atomic mass is 32.1. The smallest absolute Gasteiger partial charge is 0.0908 e. The van der Waals surface area contributed by atoms with E-state index in [4.69, 9.17) is 4.74 Å². The van der Waals surface area contributed by atoms with Gasteiger partial charge in [0.1, 0.15) is 0 Å². The Morgan fingerprint density at radius 2 is 2.12 bits per heavy atom. The van der Waals surface area contributed by atoms with Crippen LogP contribution in [0.5, 0.6) is 0 Å². The van der Waals surface area contributed by atoms with E-state index in [1.54, 1.807) is 18.4 Å². The van der Waals surface area contributed by atoms with Gasteiger partial charge >= 0.3 is 0 Å². The minimum atomic E-state index is -0.387. The van der Waals surface area contributed by atoms with Gasteiger partial charge in [-0.05, 0) is 29.9 Å². The van der Waals surface area contributed by atoms with Crippen LogP contribution in [0.3, 0.4) is 0 Å². The summed E-state index contributed by atoms with van der Waals surface area (Å²) in [5, 5.41) is 11.5. The largest absolute Gasteiger partial charge is 0.387 e. The van der Waals surface area contributed by atoms with Crippen LogP contribution in [0.1, 0.15) is 24.3 Å². The summed E-state index contributed by atoms with van der Waals surface area (Å²) in [7, 11) is 1.69. The highest BCUT2D eigenvalue weighted by molar-refractivity contribution is 7.19. The first-order valence-corrected chi connectivity index (χ1v) is 6.69. The number of benzene rings is 1. The van der Waals surface area contributed by atoms with Crippen LogP contribution in [0.15, 0.2) is 30.3 Å². The average molecular weight is 250 g/mol. The summed E-state index contributed by atoms with van der Waals surface area (Å²) < 4.78 is 6.29. The maximum atomic E-state index is 10.3. The molecule has 3 heteroatoms. The lowest BCUT2D eigenvalue weighted by Gasteiger charge is -2.16. The van der Waals surface area contributed by atoms with Gasteiger partial charge in [-0.25, -0.2) is 0 Å². The highest BCUT2D eigenvalue weighted by Crippen LogP contribution is 2.34. The standard InChI is InChI=1S/C14H18O2S/c1-10(7-8-16-2)14(15)13-9-11-5-3-4-6-12(11)17-13/h3-6,9-10,14-15H,7-8H2,1-2H3. The van der Waals surface area contributed by atoms with Crippen molar-refractivity contribution in [3.63, 3.8) is 0 Å². The molecule has 0 bridgehead atoms. The Hall–Kier alpha value is -0.900. The van der Waals surface area contributed by atoms with Gasteiger partial charge in [0.2, 0.25) is 0 Å². The van der Waals surface area contributed by atoms with E-state index in [0.717, 1.165) is 11.3 Å². The van der Waals surface area contributed by atoms with Gasteiger partial charge < -0.3 is 9.84 Å². The Labute approximate surface area is 106 Å².